The second-order valence-corrected chi connectivity index (χ2v) is 10.6. The van der Waals surface area contributed by atoms with Gasteiger partial charge in [-0.05, 0) is 56.9 Å². The zero-order valence-corrected chi connectivity index (χ0v) is 21.5. The van der Waals surface area contributed by atoms with Crippen LogP contribution in [0.15, 0.2) is 28.2 Å². The molecule has 0 aliphatic rings. The highest BCUT2D eigenvalue weighted by molar-refractivity contribution is 7.99. The van der Waals surface area contributed by atoms with Crippen molar-refractivity contribution in [3.05, 3.63) is 44.6 Å². The lowest BCUT2D eigenvalue weighted by molar-refractivity contribution is -0.120. The summed E-state index contributed by atoms with van der Waals surface area (Å²) in [4.78, 5) is 32.8. The number of carbonyl (C=O) groups excluding carboxylic acids is 1. The molecule has 2 heterocycles. The number of ether oxygens (including phenoxy) is 1. The lowest BCUT2D eigenvalue weighted by Crippen LogP contribution is -2.49. The van der Waals surface area contributed by atoms with Crippen LogP contribution in [0.2, 0.25) is 0 Å². The number of thiophene rings is 1. The number of nitriles is 1. The second kappa shape index (κ2) is 9.57. The van der Waals surface area contributed by atoms with E-state index in [-0.39, 0.29) is 23.1 Å². The molecule has 1 unspecified atom stereocenters. The van der Waals surface area contributed by atoms with Crippen molar-refractivity contribution < 1.29 is 9.53 Å². The van der Waals surface area contributed by atoms with Crippen molar-refractivity contribution in [3.63, 3.8) is 0 Å². The quantitative estimate of drug-likeness (QED) is 0.391. The molecule has 0 aliphatic heterocycles. The van der Waals surface area contributed by atoms with Gasteiger partial charge in [-0.1, -0.05) is 31.7 Å². The molecule has 7 nitrogen and oxygen atoms in total. The summed E-state index contributed by atoms with van der Waals surface area (Å²) in [6.45, 7) is 11.3. The normalized spacial score (nSPS) is 13.1. The molecular weight excluding hydrogens is 456 g/mol. The Labute approximate surface area is 201 Å². The van der Waals surface area contributed by atoms with E-state index in [9.17, 15) is 14.9 Å². The van der Waals surface area contributed by atoms with Crippen molar-refractivity contribution in [1.29, 1.82) is 5.26 Å². The summed E-state index contributed by atoms with van der Waals surface area (Å²) in [7, 11) is 1.56. The van der Waals surface area contributed by atoms with Crippen LogP contribution in [0.1, 0.15) is 36.8 Å². The Hall–Kier alpha value is -2.83. The summed E-state index contributed by atoms with van der Waals surface area (Å²) in [5.74, 6) is 0.196. The van der Waals surface area contributed by atoms with Crippen LogP contribution in [0.25, 0.3) is 15.9 Å². The standard InChI is InChI=1S/C24H28N4O3S2/c1-13(2)24(6,12-25)27-19(29)11-32-23-26-21-20(15(4)16(5)33-21)22(30)28(23)17-10-14(3)8-9-18(17)31-7/h8-10,13H,11H2,1-7H3,(H,27,29). The third-order valence-corrected chi connectivity index (χ3v) is 7.91. The number of hydrogen-bond donors (Lipinski definition) is 1. The molecule has 3 rings (SSSR count). The van der Waals surface area contributed by atoms with Crippen molar-refractivity contribution >= 4 is 39.2 Å². The van der Waals surface area contributed by atoms with E-state index in [1.807, 2.05) is 52.8 Å². The van der Waals surface area contributed by atoms with Crippen molar-refractivity contribution in [1.82, 2.24) is 14.9 Å². The molecule has 0 spiro atoms. The van der Waals surface area contributed by atoms with Crippen LogP contribution in [0.3, 0.4) is 0 Å². The van der Waals surface area contributed by atoms with Gasteiger partial charge in [0.1, 0.15) is 16.1 Å². The van der Waals surface area contributed by atoms with Crippen LogP contribution in [-0.2, 0) is 4.79 Å². The highest BCUT2D eigenvalue weighted by Crippen LogP contribution is 2.32. The average molecular weight is 485 g/mol. The van der Waals surface area contributed by atoms with E-state index in [0.29, 0.717) is 26.8 Å². The highest BCUT2D eigenvalue weighted by Gasteiger charge is 2.30. The van der Waals surface area contributed by atoms with Crippen LogP contribution in [0.5, 0.6) is 5.75 Å². The lowest BCUT2D eigenvalue weighted by atomic mass is 9.90. The molecule has 3 aromatic rings. The number of nitrogens with zero attached hydrogens (tertiary/aromatic N) is 3. The molecule has 1 atom stereocenters. The molecule has 9 heteroatoms. The molecule has 0 fully saturated rings. The average Bonchev–Trinajstić information content (AvgIpc) is 3.05. The highest BCUT2D eigenvalue weighted by atomic mass is 32.2. The number of amides is 1. The Morgan fingerprint density at radius 3 is 2.67 bits per heavy atom. The zero-order chi connectivity index (χ0) is 24.5. The second-order valence-electron chi connectivity index (χ2n) is 8.48. The van der Waals surface area contributed by atoms with E-state index in [2.05, 4.69) is 11.4 Å². The number of carbonyl (C=O) groups is 1. The van der Waals surface area contributed by atoms with Crippen molar-refractivity contribution in [2.24, 2.45) is 5.92 Å². The van der Waals surface area contributed by atoms with Crippen LogP contribution in [-0.4, -0.2) is 33.9 Å². The summed E-state index contributed by atoms with van der Waals surface area (Å²) in [5.41, 5.74) is 1.27. The Kier molecular flexibility index (Phi) is 7.20. The molecule has 33 heavy (non-hydrogen) atoms. The van der Waals surface area contributed by atoms with Gasteiger partial charge in [0, 0.05) is 4.88 Å². The molecule has 0 bridgehead atoms. The number of thioether (sulfide) groups is 1. The van der Waals surface area contributed by atoms with Crippen LogP contribution in [0.4, 0.5) is 0 Å². The topological polar surface area (TPSA) is 97.0 Å². The largest absolute Gasteiger partial charge is 0.495 e. The molecular formula is C24H28N4O3S2. The Balaban J connectivity index is 2.11. The lowest BCUT2D eigenvalue weighted by Gasteiger charge is -2.27. The van der Waals surface area contributed by atoms with Gasteiger partial charge in [0.25, 0.3) is 5.56 Å². The van der Waals surface area contributed by atoms with Gasteiger partial charge in [-0.2, -0.15) is 5.26 Å². The fraction of sp³-hybridized carbons (Fsp3) is 0.417. The maximum atomic E-state index is 13.7. The van der Waals surface area contributed by atoms with Gasteiger partial charge in [0.2, 0.25) is 5.91 Å². The smallest absolute Gasteiger partial charge is 0.267 e. The first-order chi connectivity index (χ1) is 15.5. The summed E-state index contributed by atoms with van der Waals surface area (Å²) in [6.07, 6.45) is 0. The summed E-state index contributed by atoms with van der Waals surface area (Å²) < 4.78 is 7.06. The molecule has 0 saturated carbocycles. The number of aryl methyl sites for hydroxylation is 3. The molecule has 1 N–H and O–H groups in total. The van der Waals surface area contributed by atoms with Crippen LogP contribution >= 0.6 is 23.1 Å². The maximum absolute atomic E-state index is 13.7. The zero-order valence-electron chi connectivity index (χ0n) is 19.9. The predicted molar refractivity (Wildman–Crippen MR) is 134 cm³/mol. The number of rotatable bonds is 7. The van der Waals surface area contributed by atoms with Crippen molar-refractivity contribution in [3.8, 4) is 17.5 Å². The van der Waals surface area contributed by atoms with Gasteiger partial charge in [-0.3, -0.25) is 14.2 Å². The first kappa shape index (κ1) is 24.8. The van der Waals surface area contributed by atoms with Crippen LogP contribution < -0.4 is 15.6 Å². The van der Waals surface area contributed by atoms with Gasteiger partial charge in [-0.15, -0.1) is 11.3 Å². The van der Waals surface area contributed by atoms with Gasteiger partial charge in [0.15, 0.2) is 5.16 Å². The molecule has 2 aromatic heterocycles. The van der Waals surface area contributed by atoms with E-state index in [1.165, 1.54) is 15.9 Å². The predicted octanol–water partition coefficient (Wildman–Crippen LogP) is 4.53. The van der Waals surface area contributed by atoms with E-state index >= 15 is 0 Å². The number of methoxy groups -OCH3 is 1. The van der Waals surface area contributed by atoms with Gasteiger partial charge < -0.3 is 10.1 Å². The van der Waals surface area contributed by atoms with Gasteiger partial charge in [-0.25, -0.2) is 4.98 Å². The third kappa shape index (κ3) is 4.77. The minimum Gasteiger partial charge on any atom is -0.495 e. The van der Waals surface area contributed by atoms with E-state index in [1.54, 1.807) is 14.0 Å². The van der Waals surface area contributed by atoms with Crippen LogP contribution in [0, 0.1) is 38.0 Å². The van der Waals surface area contributed by atoms with E-state index in [0.717, 1.165) is 27.8 Å². The first-order valence-electron chi connectivity index (χ1n) is 10.5. The fourth-order valence-electron chi connectivity index (χ4n) is 3.32. The number of hydrogen-bond acceptors (Lipinski definition) is 7. The minimum absolute atomic E-state index is 0.0133. The summed E-state index contributed by atoms with van der Waals surface area (Å²) in [5, 5.41) is 13.3. The van der Waals surface area contributed by atoms with E-state index < -0.39 is 5.54 Å². The molecule has 0 saturated heterocycles. The molecule has 174 valence electrons. The molecule has 0 aliphatic carbocycles. The third-order valence-electron chi connectivity index (χ3n) is 5.87. The first-order valence-corrected chi connectivity index (χ1v) is 12.4. The number of aromatic nitrogens is 2. The summed E-state index contributed by atoms with van der Waals surface area (Å²) in [6, 6.07) is 7.78. The fourth-order valence-corrected chi connectivity index (χ4v) is 5.19. The Morgan fingerprint density at radius 1 is 1.36 bits per heavy atom. The van der Waals surface area contributed by atoms with E-state index in [4.69, 9.17) is 9.72 Å². The van der Waals surface area contributed by atoms with Gasteiger partial charge in [0.05, 0.1) is 30.0 Å². The maximum Gasteiger partial charge on any atom is 0.267 e. The molecule has 1 aromatic carbocycles. The molecule has 1 amide bonds. The Morgan fingerprint density at radius 2 is 2.06 bits per heavy atom. The SMILES string of the molecule is COc1ccc(C)cc1-n1c(SCC(=O)NC(C)(C#N)C(C)C)nc2sc(C)c(C)c2c1=O. The van der Waals surface area contributed by atoms with Crippen molar-refractivity contribution in [2.45, 2.75) is 52.2 Å². The number of nitrogens with one attached hydrogen (secondary N) is 1. The number of benzene rings is 1. The summed E-state index contributed by atoms with van der Waals surface area (Å²) >= 11 is 2.63. The Bertz CT molecular complexity index is 1320. The molecule has 0 radical (unpaired) electrons. The minimum atomic E-state index is -0.976. The van der Waals surface area contributed by atoms with Crippen molar-refractivity contribution in [2.75, 3.05) is 12.9 Å². The monoisotopic (exact) mass is 484 g/mol. The number of fused-ring (bicyclic) bond motifs is 1. The van der Waals surface area contributed by atoms with Gasteiger partial charge >= 0.3 is 0 Å².